The van der Waals surface area contributed by atoms with Crippen molar-refractivity contribution in [1.29, 1.82) is 5.26 Å². The number of benzene rings is 3. The van der Waals surface area contributed by atoms with Crippen molar-refractivity contribution in [3.63, 3.8) is 0 Å². The maximum atomic E-state index is 13.7. The average molecular weight is 522 g/mol. The second-order valence-electron chi connectivity index (χ2n) is 11.1. The monoisotopic (exact) mass is 521 g/mol. The molecule has 5 rings (SSSR count). The molecule has 1 unspecified atom stereocenters. The molecule has 1 atom stereocenters. The molecule has 0 radical (unpaired) electrons. The molecule has 0 spiro atoms. The molecule has 2 aliphatic heterocycles. The van der Waals surface area contributed by atoms with Crippen molar-refractivity contribution < 1.29 is 4.79 Å². The Morgan fingerprint density at radius 3 is 2.41 bits per heavy atom. The fourth-order valence-electron chi connectivity index (χ4n) is 6.07. The highest BCUT2D eigenvalue weighted by atomic mass is 16.2. The van der Waals surface area contributed by atoms with Gasteiger partial charge in [-0.15, -0.1) is 0 Å². The van der Waals surface area contributed by atoms with E-state index in [4.69, 9.17) is 0 Å². The van der Waals surface area contributed by atoms with Crippen LogP contribution in [0.4, 0.5) is 17.1 Å². The van der Waals surface area contributed by atoms with Crippen LogP contribution in [0.2, 0.25) is 0 Å². The van der Waals surface area contributed by atoms with Gasteiger partial charge in [-0.2, -0.15) is 5.26 Å². The van der Waals surface area contributed by atoms with E-state index in [2.05, 4.69) is 78.4 Å². The number of anilines is 3. The van der Waals surface area contributed by atoms with Crippen molar-refractivity contribution in [2.45, 2.75) is 52.6 Å². The second-order valence-corrected chi connectivity index (χ2v) is 11.1. The Kier molecular flexibility index (Phi) is 7.79. The molecule has 6 nitrogen and oxygen atoms in total. The van der Waals surface area contributed by atoms with Gasteiger partial charge in [0.1, 0.15) is 6.07 Å². The molecule has 202 valence electrons. The lowest BCUT2D eigenvalue weighted by Crippen LogP contribution is -2.53. The molecule has 3 aromatic carbocycles. The molecule has 6 heteroatoms. The molecule has 1 N–H and O–H groups in total. The molecule has 2 heterocycles. The Labute approximate surface area is 232 Å². The van der Waals surface area contributed by atoms with Crippen LogP contribution in [-0.2, 0) is 0 Å². The molecule has 0 bridgehead atoms. The maximum absolute atomic E-state index is 13.7. The van der Waals surface area contributed by atoms with Gasteiger partial charge in [-0.1, -0.05) is 30.3 Å². The summed E-state index contributed by atoms with van der Waals surface area (Å²) in [4.78, 5) is 20.5. The first-order valence-electron chi connectivity index (χ1n) is 14.1. The predicted octanol–water partition coefficient (Wildman–Crippen LogP) is 5.92. The van der Waals surface area contributed by atoms with E-state index < -0.39 is 0 Å². The molecule has 0 aliphatic carbocycles. The minimum absolute atomic E-state index is 0.120. The summed E-state index contributed by atoms with van der Waals surface area (Å²) >= 11 is 0. The zero-order valence-electron chi connectivity index (χ0n) is 23.6. The number of hydrogen-bond acceptors (Lipinski definition) is 5. The number of piperazine rings is 1. The van der Waals surface area contributed by atoms with Crippen molar-refractivity contribution in [3.05, 3.63) is 88.5 Å². The maximum Gasteiger partial charge on any atom is 0.254 e. The molecule has 3 aromatic rings. The van der Waals surface area contributed by atoms with Crippen LogP contribution in [-0.4, -0.2) is 55.6 Å². The number of carbonyl (C=O) groups is 1. The Bertz CT molecular complexity index is 1390. The Morgan fingerprint density at radius 2 is 1.69 bits per heavy atom. The van der Waals surface area contributed by atoms with E-state index in [-0.39, 0.29) is 11.9 Å². The van der Waals surface area contributed by atoms with E-state index in [9.17, 15) is 10.1 Å². The summed E-state index contributed by atoms with van der Waals surface area (Å²) in [6, 6.07) is 23.6. The number of rotatable bonds is 5. The smallest absolute Gasteiger partial charge is 0.254 e. The van der Waals surface area contributed by atoms with Crippen LogP contribution in [0.5, 0.6) is 0 Å². The minimum Gasteiger partial charge on any atom is -0.382 e. The fraction of sp³-hybridized carbons (Fsp3) is 0.394. The summed E-state index contributed by atoms with van der Waals surface area (Å²) in [7, 11) is 0. The van der Waals surface area contributed by atoms with Gasteiger partial charge in [0.15, 0.2) is 0 Å². The highest BCUT2D eigenvalue weighted by Crippen LogP contribution is 2.29. The Hall–Kier alpha value is -3.98. The first kappa shape index (κ1) is 26.6. The van der Waals surface area contributed by atoms with Crippen LogP contribution >= 0.6 is 0 Å². The van der Waals surface area contributed by atoms with Gasteiger partial charge in [0, 0.05) is 61.7 Å². The third kappa shape index (κ3) is 5.73. The molecule has 2 fully saturated rings. The van der Waals surface area contributed by atoms with E-state index >= 15 is 0 Å². The lowest BCUT2D eigenvalue weighted by Gasteiger charge is -2.41. The number of aryl methyl sites for hydroxylation is 3. The van der Waals surface area contributed by atoms with Crippen molar-refractivity contribution in [3.8, 4) is 6.07 Å². The van der Waals surface area contributed by atoms with Gasteiger partial charge < -0.3 is 20.0 Å². The molecule has 39 heavy (non-hydrogen) atoms. The predicted molar refractivity (Wildman–Crippen MR) is 160 cm³/mol. The van der Waals surface area contributed by atoms with Gasteiger partial charge in [-0.3, -0.25) is 4.79 Å². The third-order valence-electron chi connectivity index (χ3n) is 8.27. The van der Waals surface area contributed by atoms with E-state index in [0.717, 1.165) is 67.1 Å². The second kappa shape index (κ2) is 11.4. The molecule has 2 aliphatic rings. The number of nitriles is 1. The van der Waals surface area contributed by atoms with Crippen LogP contribution in [0.25, 0.3) is 0 Å². The molecule has 0 aromatic heterocycles. The van der Waals surface area contributed by atoms with Crippen LogP contribution in [0.15, 0.2) is 60.7 Å². The van der Waals surface area contributed by atoms with Gasteiger partial charge in [0.25, 0.3) is 5.91 Å². The van der Waals surface area contributed by atoms with Gasteiger partial charge in [0.2, 0.25) is 0 Å². The summed E-state index contributed by atoms with van der Waals surface area (Å²) in [5.41, 5.74) is 8.27. The molecule has 0 saturated carbocycles. The number of para-hydroxylation sites is 1. The first-order chi connectivity index (χ1) is 18.8. The van der Waals surface area contributed by atoms with E-state index in [1.165, 1.54) is 16.8 Å². The summed E-state index contributed by atoms with van der Waals surface area (Å²) in [5.74, 6) is 0.120. The first-order valence-corrected chi connectivity index (χ1v) is 14.1. The average Bonchev–Trinajstić information content (AvgIpc) is 2.94. The largest absolute Gasteiger partial charge is 0.382 e. The highest BCUT2D eigenvalue weighted by molar-refractivity contribution is 5.97. The van der Waals surface area contributed by atoms with Crippen molar-refractivity contribution in [1.82, 2.24) is 4.90 Å². The summed E-state index contributed by atoms with van der Waals surface area (Å²) in [6.07, 6.45) is 1.96. The number of amides is 1. The Morgan fingerprint density at radius 1 is 0.923 bits per heavy atom. The van der Waals surface area contributed by atoms with Crippen molar-refractivity contribution in [2.24, 2.45) is 0 Å². The lowest BCUT2D eigenvalue weighted by atomic mass is 9.99. The topological polar surface area (TPSA) is 62.6 Å². The van der Waals surface area contributed by atoms with E-state index in [1.54, 1.807) is 0 Å². The van der Waals surface area contributed by atoms with Gasteiger partial charge in [0.05, 0.1) is 11.3 Å². The van der Waals surface area contributed by atoms with Crippen LogP contribution < -0.4 is 15.1 Å². The number of nitrogens with zero attached hydrogens (tertiary/aromatic N) is 4. The van der Waals surface area contributed by atoms with Gasteiger partial charge in [-0.05, 0) is 87.6 Å². The molecule has 1 amide bonds. The normalized spacial score (nSPS) is 18.1. The fourth-order valence-corrected chi connectivity index (χ4v) is 6.07. The van der Waals surface area contributed by atoms with Crippen molar-refractivity contribution >= 4 is 23.0 Å². The molecular weight excluding hydrogens is 482 g/mol. The van der Waals surface area contributed by atoms with E-state index in [1.807, 2.05) is 36.1 Å². The lowest BCUT2D eigenvalue weighted by molar-refractivity contribution is 0.0725. The SMILES string of the molecule is Cc1cccc(N2CCN(C(=O)c3cc(NC4CCN(c5ccccc5C#N)CC4)c(C)cc3C)CC2C)c1. The van der Waals surface area contributed by atoms with E-state index in [0.29, 0.717) is 12.6 Å². The zero-order chi connectivity index (χ0) is 27.5. The van der Waals surface area contributed by atoms with Crippen LogP contribution in [0, 0.1) is 32.1 Å². The van der Waals surface area contributed by atoms with Crippen LogP contribution in [0.1, 0.15) is 52.4 Å². The summed E-state index contributed by atoms with van der Waals surface area (Å²) in [5, 5.41) is 13.2. The number of hydrogen-bond donors (Lipinski definition) is 1. The highest BCUT2D eigenvalue weighted by Gasteiger charge is 2.29. The van der Waals surface area contributed by atoms with Crippen LogP contribution in [0.3, 0.4) is 0 Å². The number of piperidine rings is 1. The quantitative estimate of drug-likeness (QED) is 0.452. The van der Waals surface area contributed by atoms with Gasteiger partial charge in [-0.25, -0.2) is 0 Å². The third-order valence-corrected chi connectivity index (χ3v) is 8.27. The van der Waals surface area contributed by atoms with Crippen molar-refractivity contribution in [2.75, 3.05) is 47.8 Å². The molecular formula is C33H39N5O. The summed E-state index contributed by atoms with van der Waals surface area (Å²) in [6.45, 7) is 12.6. The number of carbonyl (C=O) groups excluding carboxylic acids is 1. The summed E-state index contributed by atoms with van der Waals surface area (Å²) < 4.78 is 0. The molecule has 2 saturated heterocycles. The van der Waals surface area contributed by atoms with Gasteiger partial charge >= 0.3 is 0 Å². The Balaban J connectivity index is 1.24. The number of nitrogens with one attached hydrogen (secondary N) is 1. The zero-order valence-corrected chi connectivity index (χ0v) is 23.6. The standard InChI is InChI=1S/C33H39N5O/c1-23-8-7-10-29(18-23)38-17-16-37(22-26(38)4)33(39)30-20-31(25(3)19-24(30)2)35-28-12-14-36(15-13-28)32-11-6-5-9-27(32)21-34/h5-11,18-20,26,28,35H,12-17,22H2,1-4H3. The minimum atomic E-state index is 0.120.